The first-order valence-corrected chi connectivity index (χ1v) is 10.1. The van der Waals surface area contributed by atoms with Crippen LogP contribution in [0.5, 0.6) is 0 Å². The van der Waals surface area contributed by atoms with Gasteiger partial charge < -0.3 is 10.2 Å². The molecule has 0 aromatic heterocycles. The molecule has 1 N–H and O–H groups in total. The number of hydrogen-bond donors (Lipinski definition) is 1. The van der Waals surface area contributed by atoms with Crippen molar-refractivity contribution < 1.29 is 9.59 Å². The smallest absolute Gasteiger partial charge is 0.242 e. The average Bonchev–Trinajstić information content (AvgIpc) is 2.63. The number of nitrogens with zero attached hydrogens (tertiary/aromatic N) is 1. The average molecular weight is 421 g/mol. The van der Waals surface area contributed by atoms with E-state index in [2.05, 4.69) is 5.32 Å². The summed E-state index contributed by atoms with van der Waals surface area (Å²) in [6, 6.07) is 10.6. The van der Waals surface area contributed by atoms with Gasteiger partial charge in [-0.05, 0) is 56.5 Å². The Hall–Kier alpha value is -2.04. The Morgan fingerprint density at radius 3 is 2.43 bits per heavy atom. The molecule has 2 aromatic carbocycles. The SMILES string of the molecule is CCNC(=O)[C@@H](C)N(Cc1ccc(Cl)cc1Cl)C(=O)Cc1cc(C)ccc1C. The van der Waals surface area contributed by atoms with E-state index in [4.69, 9.17) is 23.2 Å². The quantitative estimate of drug-likeness (QED) is 0.704. The first-order valence-electron chi connectivity index (χ1n) is 9.30. The molecule has 0 radical (unpaired) electrons. The first kappa shape index (κ1) is 22.3. The molecule has 0 aliphatic rings. The molecule has 0 unspecified atom stereocenters. The normalized spacial score (nSPS) is 11.8. The number of carbonyl (C=O) groups excluding carboxylic acids is 2. The highest BCUT2D eigenvalue weighted by Crippen LogP contribution is 2.24. The van der Waals surface area contributed by atoms with Crippen molar-refractivity contribution in [1.82, 2.24) is 10.2 Å². The van der Waals surface area contributed by atoms with Gasteiger partial charge in [0, 0.05) is 23.1 Å². The summed E-state index contributed by atoms with van der Waals surface area (Å²) in [5.74, 6) is -0.319. The van der Waals surface area contributed by atoms with Crippen LogP contribution in [0.15, 0.2) is 36.4 Å². The lowest BCUT2D eigenvalue weighted by Crippen LogP contribution is -2.48. The van der Waals surface area contributed by atoms with E-state index in [1.165, 1.54) is 0 Å². The Morgan fingerprint density at radius 1 is 1.07 bits per heavy atom. The summed E-state index contributed by atoms with van der Waals surface area (Å²) >= 11 is 12.3. The van der Waals surface area contributed by atoms with Crippen LogP contribution >= 0.6 is 23.2 Å². The number of rotatable bonds is 7. The van der Waals surface area contributed by atoms with Crippen LogP contribution in [0.25, 0.3) is 0 Å². The fraction of sp³-hybridized carbons (Fsp3) is 0.364. The highest BCUT2D eigenvalue weighted by molar-refractivity contribution is 6.35. The number of hydrogen-bond acceptors (Lipinski definition) is 2. The van der Waals surface area contributed by atoms with Crippen molar-refractivity contribution in [3.8, 4) is 0 Å². The number of aryl methyl sites for hydroxylation is 2. The van der Waals surface area contributed by atoms with Gasteiger partial charge in [0.05, 0.1) is 6.42 Å². The van der Waals surface area contributed by atoms with E-state index >= 15 is 0 Å². The Bertz CT molecular complexity index is 868. The molecule has 2 aromatic rings. The molecule has 0 heterocycles. The Labute approximate surface area is 176 Å². The summed E-state index contributed by atoms with van der Waals surface area (Å²) in [4.78, 5) is 27.2. The minimum absolute atomic E-state index is 0.126. The number of carbonyl (C=O) groups is 2. The predicted octanol–water partition coefficient (Wildman–Crippen LogP) is 4.71. The summed E-state index contributed by atoms with van der Waals surface area (Å²) in [5.41, 5.74) is 3.85. The molecule has 2 amide bonds. The molecule has 0 saturated carbocycles. The van der Waals surface area contributed by atoms with Crippen LogP contribution in [0.4, 0.5) is 0 Å². The Morgan fingerprint density at radius 2 is 1.79 bits per heavy atom. The monoisotopic (exact) mass is 420 g/mol. The molecule has 1 atom stereocenters. The van der Waals surface area contributed by atoms with Crippen LogP contribution in [-0.4, -0.2) is 29.3 Å². The van der Waals surface area contributed by atoms with Gasteiger partial charge in [-0.15, -0.1) is 0 Å². The first-order chi connectivity index (χ1) is 13.2. The van der Waals surface area contributed by atoms with Crippen LogP contribution in [0.1, 0.15) is 36.1 Å². The van der Waals surface area contributed by atoms with Crippen LogP contribution in [0, 0.1) is 13.8 Å². The zero-order chi connectivity index (χ0) is 20.8. The van der Waals surface area contributed by atoms with Crippen LogP contribution < -0.4 is 5.32 Å². The molecular formula is C22H26Cl2N2O2. The molecule has 0 spiro atoms. The second kappa shape index (κ2) is 9.94. The molecule has 4 nitrogen and oxygen atoms in total. The van der Waals surface area contributed by atoms with Crippen molar-refractivity contribution in [2.75, 3.05) is 6.54 Å². The van der Waals surface area contributed by atoms with Crippen LogP contribution in [-0.2, 0) is 22.6 Å². The molecule has 2 rings (SSSR count). The van der Waals surface area contributed by atoms with E-state index in [0.717, 1.165) is 22.3 Å². The van der Waals surface area contributed by atoms with Gasteiger partial charge in [-0.25, -0.2) is 0 Å². The van der Waals surface area contributed by atoms with Gasteiger partial charge in [0.2, 0.25) is 11.8 Å². The fourth-order valence-corrected chi connectivity index (χ4v) is 3.46. The van der Waals surface area contributed by atoms with E-state index in [9.17, 15) is 9.59 Å². The maximum Gasteiger partial charge on any atom is 0.242 e. The third-order valence-electron chi connectivity index (χ3n) is 4.72. The predicted molar refractivity (Wildman–Crippen MR) is 115 cm³/mol. The molecule has 28 heavy (non-hydrogen) atoms. The lowest BCUT2D eigenvalue weighted by atomic mass is 10.0. The summed E-state index contributed by atoms with van der Waals surface area (Å²) in [5, 5.41) is 3.79. The number of amides is 2. The van der Waals surface area contributed by atoms with Gasteiger partial charge >= 0.3 is 0 Å². The standard InChI is InChI=1S/C22H26Cl2N2O2/c1-5-25-22(28)16(4)26(13-17-8-9-19(23)12-20(17)24)21(27)11-18-10-14(2)6-7-15(18)3/h6-10,12,16H,5,11,13H2,1-4H3,(H,25,28)/t16-/m1/s1. The van der Waals surface area contributed by atoms with Crippen molar-refractivity contribution >= 4 is 35.0 Å². The third kappa shape index (κ3) is 5.73. The molecular weight excluding hydrogens is 395 g/mol. The number of benzene rings is 2. The van der Waals surface area contributed by atoms with Gasteiger partial charge in [0.25, 0.3) is 0 Å². The zero-order valence-corrected chi connectivity index (χ0v) is 18.2. The van der Waals surface area contributed by atoms with Crippen molar-refractivity contribution in [1.29, 1.82) is 0 Å². The number of halogens is 2. The maximum atomic E-state index is 13.2. The van der Waals surface area contributed by atoms with Crippen molar-refractivity contribution in [2.24, 2.45) is 0 Å². The third-order valence-corrected chi connectivity index (χ3v) is 5.31. The topological polar surface area (TPSA) is 49.4 Å². The Kier molecular flexibility index (Phi) is 7.90. The van der Waals surface area contributed by atoms with Crippen molar-refractivity contribution in [3.63, 3.8) is 0 Å². The molecule has 0 fully saturated rings. The maximum absolute atomic E-state index is 13.2. The molecule has 6 heteroatoms. The lowest BCUT2D eigenvalue weighted by molar-refractivity contribution is -0.140. The van der Waals surface area contributed by atoms with Gasteiger partial charge in [-0.2, -0.15) is 0 Å². The minimum atomic E-state index is -0.621. The number of nitrogens with one attached hydrogen (secondary N) is 1. The Balaban J connectivity index is 2.32. The fourth-order valence-electron chi connectivity index (χ4n) is 2.99. The number of likely N-dealkylation sites (N-methyl/N-ethyl adjacent to an activating group) is 1. The molecule has 0 aliphatic carbocycles. The van der Waals surface area contributed by atoms with E-state index < -0.39 is 6.04 Å². The second-order valence-corrected chi connectivity index (χ2v) is 7.78. The van der Waals surface area contributed by atoms with Gasteiger partial charge in [0.1, 0.15) is 6.04 Å². The van der Waals surface area contributed by atoms with Gasteiger partial charge in [-0.1, -0.05) is 53.0 Å². The lowest BCUT2D eigenvalue weighted by Gasteiger charge is -2.29. The van der Waals surface area contributed by atoms with E-state index in [-0.39, 0.29) is 24.8 Å². The minimum Gasteiger partial charge on any atom is -0.355 e. The summed E-state index contributed by atoms with van der Waals surface area (Å²) < 4.78 is 0. The van der Waals surface area contributed by atoms with E-state index in [1.807, 2.05) is 39.0 Å². The van der Waals surface area contributed by atoms with Crippen LogP contribution in [0.3, 0.4) is 0 Å². The second-order valence-electron chi connectivity index (χ2n) is 6.93. The van der Waals surface area contributed by atoms with Gasteiger partial charge in [0.15, 0.2) is 0 Å². The molecule has 150 valence electrons. The highest BCUT2D eigenvalue weighted by atomic mass is 35.5. The molecule has 0 saturated heterocycles. The summed E-state index contributed by atoms with van der Waals surface area (Å²) in [7, 11) is 0. The molecule has 0 aliphatic heterocycles. The molecule has 0 bridgehead atoms. The zero-order valence-electron chi connectivity index (χ0n) is 16.7. The highest BCUT2D eigenvalue weighted by Gasteiger charge is 2.26. The van der Waals surface area contributed by atoms with Crippen molar-refractivity contribution in [3.05, 3.63) is 68.7 Å². The summed E-state index contributed by atoms with van der Waals surface area (Å²) in [6.07, 6.45) is 0.225. The van der Waals surface area contributed by atoms with E-state index in [1.54, 1.807) is 30.0 Å². The van der Waals surface area contributed by atoms with E-state index in [0.29, 0.717) is 16.6 Å². The van der Waals surface area contributed by atoms with Crippen LogP contribution in [0.2, 0.25) is 10.0 Å². The van der Waals surface area contributed by atoms with Crippen molar-refractivity contribution in [2.45, 2.75) is 46.7 Å². The van der Waals surface area contributed by atoms with Gasteiger partial charge in [-0.3, -0.25) is 9.59 Å². The summed E-state index contributed by atoms with van der Waals surface area (Å²) in [6.45, 7) is 8.30. The largest absolute Gasteiger partial charge is 0.355 e.